The molecular weight excluding hydrogens is 384 g/mol. The van der Waals surface area contributed by atoms with Crippen molar-refractivity contribution in [3.8, 4) is 17.3 Å². The molecule has 1 amide bonds. The maximum Gasteiger partial charge on any atom is 0.263 e. The van der Waals surface area contributed by atoms with E-state index in [1.807, 2.05) is 18.3 Å². The predicted octanol–water partition coefficient (Wildman–Crippen LogP) is 2.87. The summed E-state index contributed by atoms with van der Waals surface area (Å²) in [5, 5.41) is 7.27. The summed E-state index contributed by atoms with van der Waals surface area (Å²) in [4.78, 5) is 22.1. The number of imidazole rings is 1. The van der Waals surface area contributed by atoms with E-state index in [0.29, 0.717) is 30.6 Å². The minimum Gasteiger partial charge on any atom is -0.479 e. The number of hydrogen-bond acceptors (Lipinski definition) is 6. The molecule has 2 aliphatic rings. The van der Waals surface area contributed by atoms with Crippen LogP contribution in [0.25, 0.3) is 11.4 Å². The zero-order chi connectivity index (χ0) is 20.7. The van der Waals surface area contributed by atoms with Crippen molar-refractivity contribution in [3.63, 3.8) is 0 Å². The van der Waals surface area contributed by atoms with Gasteiger partial charge >= 0.3 is 0 Å². The number of fused-ring (bicyclic) bond motifs is 1. The Morgan fingerprint density at radius 3 is 3.03 bits per heavy atom. The molecule has 5 heterocycles. The van der Waals surface area contributed by atoms with Crippen LogP contribution in [-0.2, 0) is 11.2 Å². The number of rotatable bonds is 5. The number of carbonyl (C=O) groups excluding carboxylic acids is 1. The number of aromatic nitrogens is 5. The van der Waals surface area contributed by atoms with Gasteiger partial charge in [-0.2, -0.15) is 0 Å². The Labute approximate surface area is 174 Å². The third-order valence-electron chi connectivity index (χ3n) is 5.77. The second-order valence-electron chi connectivity index (χ2n) is 7.73. The SMILES string of the molecule is COc1nn([C@H]2CCOC2)cc1C(=O)Nc1cccc(-c2cnc3n2C(C)CC3)n1. The summed E-state index contributed by atoms with van der Waals surface area (Å²) in [7, 11) is 1.51. The zero-order valence-electron chi connectivity index (χ0n) is 17.0. The van der Waals surface area contributed by atoms with Gasteiger partial charge in [0, 0.05) is 25.3 Å². The van der Waals surface area contributed by atoms with Gasteiger partial charge in [-0.05, 0) is 31.9 Å². The number of nitrogens with zero attached hydrogens (tertiary/aromatic N) is 5. The number of carbonyl (C=O) groups is 1. The van der Waals surface area contributed by atoms with E-state index in [-0.39, 0.29) is 17.8 Å². The molecule has 9 nitrogen and oxygen atoms in total. The quantitative estimate of drug-likeness (QED) is 0.697. The molecule has 2 atom stereocenters. The summed E-state index contributed by atoms with van der Waals surface area (Å²) in [5.41, 5.74) is 2.12. The number of amides is 1. The highest BCUT2D eigenvalue weighted by atomic mass is 16.5. The summed E-state index contributed by atoms with van der Waals surface area (Å²) < 4.78 is 14.7. The van der Waals surface area contributed by atoms with Gasteiger partial charge in [0.1, 0.15) is 17.2 Å². The molecule has 2 aliphatic heterocycles. The van der Waals surface area contributed by atoms with Crippen molar-refractivity contribution in [3.05, 3.63) is 42.0 Å². The maximum absolute atomic E-state index is 12.9. The minimum absolute atomic E-state index is 0.118. The van der Waals surface area contributed by atoms with Crippen LogP contribution in [0, 0.1) is 0 Å². The molecule has 0 aromatic carbocycles. The Hall–Kier alpha value is -3.20. The average Bonchev–Trinajstić information content (AvgIpc) is 3.53. The van der Waals surface area contributed by atoms with Gasteiger partial charge in [-0.25, -0.2) is 9.97 Å². The van der Waals surface area contributed by atoms with Gasteiger partial charge in [0.15, 0.2) is 0 Å². The van der Waals surface area contributed by atoms with Crippen molar-refractivity contribution in [1.29, 1.82) is 0 Å². The van der Waals surface area contributed by atoms with Crippen molar-refractivity contribution >= 4 is 11.7 Å². The number of hydrogen-bond donors (Lipinski definition) is 1. The Balaban J connectivity index is 1.39. The van der Waals surface area contributed by atoms with Crippen molar-refractivity contribution in [2.45, 2.75) is 38.3 Å². The van der Waals surface area contributed by atoms with E-state index in [2.05, 4.69) is 31.9 Å². The number of nitrogens with one attached hydrogen (secondary N) is 1. The van der Waals surface area contributed by atoms with Crippen molar-refractivity contribution in [1.82, 2.24) is 24.3 Å². The van der Waals surface area contributed by atoms with E-state index in [1.54, 1.807) is 16.9 Å². The molecule has 1 saturated heterocycles. The van der Waals surface area contributed by atoms with Gasteiger partial charge in [-0.15, -0.1) is 5.10 Å². The number of anilines is 1. The van der Waals surface area contributed by atoms with Crippen LogP contribution in [0.5, 0.6) is 5.88 Å². The van der Waals surface area contributed by atoms with E-state index < -0.39 is 0 Å². The number of ether oxygens (including phenoxy) is 2. The molecular formula is C21H24N6O3. The maximum atomic E-state index is 12.9. The van der Waals surface area contributed by atoms with E-state index in [4.69, 9.17) is 9.47 Å². The fraction of sp³-hybridized carbons (Fsp3) is 0.429. The Morgan fingerprint density at radius 1 is 1.33 bits per heavy atom. The summed E-state index contributed by atoms with van der Waals surface area (Å²) in [6.07, 6.45) is 6.50. The molecule has 9 heteroatoms. The van der Waals surface area contributed by atoms with Crippen LogP contribution >= 0.6 is 0 Å². The normalized spacial score (nSPS) is 20.3. The second kappa shape index (κ2) is 7.56. The number of pyridine rings is 1. The molecule has 0 radical (unpaired) electrons. The minimum atomic E-state index is -0.312. The molecule has 0 aliphatic carbocycles. The van der Waals surface area contributed by atoms with Crippen LogP contribution in [0.2, 0.25) is 0 Å². The molecule has 3 aromatic rings. The van der Waals surface area contributed by atoms with Gasteiger partial charge in [0.25, 0.3) is 5.91 Å². The first-order valence-electron chi connectivity index (χ1n) is 10.2. The van der Waals surface area contributed by atoms with Crippen LogP contribution in [0.1, 0.15) is 48.0 Å². The molecule has 156 valence electrons. The monoisotopic (exact) mass is 408 g/mol. The number of methoxy groups -OCH3 is 1. The van der Waals surface area contributed by atoms with Gasteiger partial charge < -0.3 is 19.4 Å². The molecule has 5 rings (SSSR count). The highest BCUT2D eigenvalue weighted by molar-refractivity contribution is 6.05. The van der Waals surface area contributed by atoms with E-state index in [0.717, 1.165) is 36.5 Å². The lowest BCUT2D eigenvalue weighted by Gasteiger charge is -2.12. The van der Waals surface area contributed by atoms with Crippen LogP contribution in [0.4, 0.5) is 5.82 Å². The average molecular weight is 408 g/mol. The molecule has 0 spiro atoms. The summed E-state index contributed by atoms with van der Waals surface area (Å²) in [5.74, 6) is 1.53. The first-order valence-corrected chi connectivity index (χ1v) is 10.2. The Bertz CT molecular complexity index is 1080. The smallest absolute Gasteiger partial charge is 0.263 e. The summed E-state index contributed by atoms with van der Waals surface area (Å²) >= 11 is 0. The largest absolute Gasteiger partial charge is 0.479 e. The van der Waals surface area contributed by atoms with Gasteiger partial charge in [-0.3, -0.25) is 9.48 Å². The van der Waals surface area contributed by atoms with Crippen molar-refractivity contribution < 1.29 is 14.3 Å². The standard InChI is InChI=1S/C21H24N6O3/c1-13-6-7-19-22-10-17(27(13)19)16-4-3-5-18(23-16)24-20(28)15-11-26(25-21(15)29-2)14-8-9-30-12-14/h3-5,10-11,13-14H,6-9,12H2,1-2H3,(H,23,24,28)/t13?,14-/m0/s1. The summed E-state index contributed by atoms with van der Waals surface area (Å²) in [6.45, 7) is 3.47. The lowest BCUT2D eigenvalue weighted by atomic mass is 10.2. The van der Waals surface area contributed by atoms with Gasteiger partial charge in [-0.1, -0.05) is 6.07 Å². The zero-order valence-corrected chi connectivity index (χ0v) is 17.0. The van der Waals surface area contributed by atoms with Gasteiger partial charge in [0.05, 0.1) is 37.3 Å². The van der Waals surface area contributed by atoms with Crippen LogP contribution in [0.3, 0.4) is 0 Å². The molecule has 30 heavy (non-hydrogen) atoms. The lowest BCUT2D eigenvalue weighted by molar-refractivity contribution is 0.102. The molecule has 1 unspecified atom stereocenters. The van der Waals surface area contributed by atoms with Gasteiger partial charge in [0.2, 0.25) is 5.88 Å². The van der Waals surface area contributed by atoms with Crippen LogP contribution in [0.15, 0.2) is 30.6 Å². The van der Waals surface area contributed by atoms with Crippen molar-refractivity contribution in [2.75, 3.05) is 25.6 Å². The highest BCUT2D eigenvalue weighted by Crippen LogP contribution is 2.32. The van der Waals surface area contributed by atoms with E-state index in [1.165, 1.54) is 7.11 Å². The molecule has 1 N–H and O–H groups in total. The molecule has 0 saturated carbocycles. The molecule has 1 fully saturated rings. The second-order valence-corrected chi connectivity index (χ2v) is 7.73. The lowest BCUT2D eigenvalue weighted by Crippen LogP contribution is -2.14. The van der Waals surface area contributed by atoms with E-state index >= 15 is 0 Å². The first-order chi connectivity index (χ1) is 14.6. The molecule has 0 bridgehead atoms. The number of aryl methyl sites for hydroxylation is 1. The van der Waals surface area contributed by atoms with Crippen LogP contribution < -0.4 is 10.1 Å². The summed E-state index contributed by atoms with van der Waals surface area (Å²) in [6, 6.07) is 6.10. The Morgan fingerprint density at radius 2 is 2.23 bits per heavy atom. The topological polar surface area (TPSA) is 96.1 Å². The van der Waals surface area contributed by atoms with Crippen LogP contribution in [-0.4, -0.2) is 50.5 Å². The molecule has 3 aromatic heterocycles. The third kappa shape index (κ3) is 3.24. The fourth-order valence-electron chi connectivity index (χ4n) is 4.16. The highest BCUT2D eigenvalue weighted by Gasteiger charge is 2.25. The predicted molar refractivity (Wildman–Crippen MR) is 110 cm³/mol. The van der Waals surface area contributed by atoms with E-state index in [9.17, 15) is 4.79 Å². The fourth-order valence-corrected chi connectivity index (χ4v) is 4.16. The third-order valence-corrected chi connectivity index (χ3v) is 5.77. The first kappa shape index (κ1) is 18.8. The van der Waals surface area contributed by atoms with Crippen molar-refractivity contribution in [2.24, 2.45) is 0 Å². The Kier molecular flexibility index (Phi) is 4.74.